The Morgan fingerprint density at radius 2 is 0.911 bits per heavy atom. The van der Waals surface area contributed by atoms with Gasteiger partial charge in [-0.25, -0.2) is 0 Å². The summed E-state index contributed by atoms with van der Waals surface area (Å²) >= 11 is 0. The summed E-state index contributed by atoms with van der Waals surface area (Å²) in [6.07, 6.45) is 0. The van der Waals surface area contributed by atoms with E-state index in [0.717, 1.165) is 46.5 Å². The van der Waals surface area contributed by atoms with Crippen LogP contribution in [0.2, 0.25) is 0 Å². The van der Waals surface area contributed by atoms with Crippen LogP contribution in [-0.4, -0.2) is 41.3 Å². The Morgan fingerprint density at radius 1 is 0.467 bits per heavy atom. The molecule has 0 atom stereocenters. The zero-order valence-electron chi connectivity index (χ0n) is 25.6. The van der Waals surface area contributed by atoms with Crippen molar-refractivity contribution in [2.24, 2.45) is 0 Å². The highest BCUT2D eigenvalue weighted by molar-refractivity contribution is 6.47. The molecule has 7 heteroatoms. The van der Waals surface area contributed by atoms with Crippen molar-refractivity contribution in [3.05, 3.63) is 145 Å². The van der Waals surface area contributed by atoms with E-state index in [1.165, 1.54) is 21.5 Å². The lowest BCUT2D eigenvalue weighted by atomic mass is 9.87. The molecular weight excluding hydrogens is 554 g/mol. The molecule has 0 amide bonds. The van der Waals surface area contributed by atoms with Gasteiger partial charge in [0.05, 0.1) is 13.2 Å². The van der Waals surface area contributed by atoms with E-state index in [1.807, 2.05) is 0 Å². The largest absolute Gasteiger partial charge is 0.433 e. The summed E-state index contributed by atoms with van der Waals surface area (Å²) in [5.74, 6) is 0. The molecule has 0 aliphatic rings. The second-order valence-electron chi connectivity index (χ2n) is 11.1. The van der Waals surface area contributed by atoms with Gasteiger partial charge in [0.15, 0.2) is 0 Å². The van der Waals surface area contributed by atoms with Gasteiger partial charge in [0.25, 0.3) is 0 Å². The van der Waals surface area contributed by atoms with Gasteiger partial charge in [0.2, 0.25) is 0 Å². The Hall–Kier alpha value is -4.55. The van der Waals surface area contributed by atoms with E-state index in [1.54, 1.807) is 0 Å². The third-order valence-corrected chi connectivity index (χ3v) is 7.76. The highest BCUT2D eigenvalue weighted by atomic mass is 16.5. The van der Waals surface area contributed by atoms with Crippen LogP contribution in [0.1, 0.15) is 11.1 Å². The molecule has 6 rings (SSSR count). The standard InChI is InChI=1S/C38H38B2N2O3/c1-3-17-35-31(11-1)13-7-19-37(35)41-21-23-44-39-33-15-5-9-29(25-33)27-43-28-30-10-6-16-34(26-30)40-45-24-22-42-38-20-8-14-32-12-2-4-18-36(32)38/h1-20,25-26,39-42H,21-24,27-28H2. The molecule has 2 N–H and O–H groups in total. The maximum atomic E-state index is 6.07. The van der Waals surface area contributed by atoms with Crippen LogP contribution < -0.4 is 21.6 Å². The van der Waals surface area contributed by atoms with Crippen molar-refractivity contribution < 1.29 is 14.0 Å². The number of benzene rings is 6. The minimum atomic E-state index is 0.553. The quantitative estimate of drug-likeness (QED) is 0.108. The van der Waals surface area contributed by atoms with Gasteiger partial charge >= 0.3 is 15.0 Å². The summed E-state index contributed by atoms with van der Waals surface area (Å²) in [5.41, 5.74) is 6.86. The van der Waals surface area contributed by atoms with Crippen LogP contribution in [0.15, 0.2) is 133 Å². The molecule has 0 fully saturated rings. The van der Waals surface area contributed by atoms with E-state index in [0.29, 0.717) is 41.4 Å². The molecule has 0 saturated heterocycles. The minimum Gasteiger partial charge on any atom is -0.433 e. The third kappa shape index (κ3) is 8.77. The normalized spacial score (nSPS) is 11.0. The van der Waals surface area contributed by atoms with Crippen LogP contribution in [0.4, 0.5) is 11.4 Å². The molecule has 5 nitrogen and oxygen atoms in total. The lowest BCUT2D eigenvalue weighted by molar-refractivity contribution is 0.107. The molecule has 0 spiro atoms. The first-order chi connectivity index (χ1) is 22.3. The topological polar surface area (TPSA) is 51.8 Å². The monoisotopic (exact) mass is 592 g/mol. The van der Waals surface area contributed by atoms with E-state index < -0.39 is 0 Å². The van der Waals surface area contributed by atoms with Gasteiger partial charge < -0.3 is 24.7 Å². The fraction of sp³-hybridized carbons (Fsp3) is 0.158. The first-order valence-corrected chi connectivity index (χ1v) is 15.6. The molecule has 0 aliphatic carbocycles. The van der Waals surface area contributed by atoms with Gasteiger partial charge in [-0.3, -0.25) is 0 Å². The minimum absolute atomic E-state index is 0.553. The first kappa shape index (κ1) is 30.5. The number of hydrogen-bond donors (Lipinski definition) is 2. The van der Waals surface area contributed by atoms with Gasteiger partial charge in [-0.1, -0.05) is 132 Å². The average molecular weight is 592 g/mol. The summed E-state index contributed by atoms with van der Waals surface area (Å²) in [4.78, 5) is 0. The van der Waals surface area contributed by atoms with Crippen molar-refractivity contribution in [3.63, 3.8) is 0 Å². The smallest absolute Gasteiger partial charge is 0.308 e. The van der Waals surface area contributed by atoms with Gasteiger partial charge in [0.1, 0.15) is 0 Å². The molecule has 0 bridgehead atoms. The second kappa shape index (κ2) is 16.0. The average Bonchev–Trinajstić information content (AvgIpc) is 3.08. The van der Waals surface area contributed by atoms with Crippen molar-refractivity contribution >= 4 is 58.8 Å². The van der Waals surface area contributed by atoms with Crippen molar-refractivity contribution in [1.82, 2.24) is 0 Å². The van der Waals surface area contributed by atoms with Gasteiger partial charge in [0, 0.05) is 48.5 Å². The summed E-state index contributed by atoms with van der Waals surface area (Å²) in [7, 11) is 1.15. The predicted molar refractivity (Wildman–Crippen MR) is 192 cm³/mol. The number of anilines is 2. The molecule has 6 aromatic carbocycles. The van der Waals surface area contributed by atoms with Crippen molar-refractivity contribution in [1.29, 1.82) is 0 Å². The molecule has 0 aromatic heterocycles. The van der Waals surface area contributed by atoms with Crippen LogP contribution in [0.25, 0.3) is 21.5 Å². The molecule has 6 aromatic rings. The SMILES string of the molecule is B(OCCNc1cccc2ccccc12)c1cccc(COCc2cccc(BOCCNc3cccc4ccccc34)c2)c1. The molecule has 0 aliphatic heterocycles. The van der Waals surface area contributed by atoms with E-state index in [2.05, 4.69) is 144 Å². The summed E-state index contributed by atoms with van der Waals surface area (Å²) < 4.78 is 18.0. The highest BCUT2D eigenvalue weighted by Crippen LogP contribution is 2.23. The van der Waals surface area contributed by atoms with Crippen molar-refractivity contribution in [2.75, 3.05) is 36.9 Å². The summed E-state index contributed by atoms with van der Waals surface area (Å²) in [6, 6.07) is 46.4. The van der Waals surface area contributed by atoms with Gasteiger partial charge in [-0.2, -0.15) is 0 Å². The van der Waals surface area contributed by atoms with Crippen LogP contribution in [0.3, 0.4) is 0 Å². The van der Waals surface area contributed by atoms with Crippen molar-refractivity contribution in [2.45, 2.75) is 13.2 Å². The summed E-state index contributed by atoms with van der Waals surface area (Å²) in [5, 5.41) is 11.9. The van der Waals surface area contributed by atoms with Crippen LogP contribution in [-0.2, 0) is 27.3 Å². The molecule has 0 saturated carbocycles. The van der Waals surface area contributed by atoms with Crippen LogP contribution in [0.5, 0.6) is 0 Å². The van der Waals surface area contributed by atoms with E-state index in [9.17, 15) is 0 Å². The number of nitrogens with one attached hydrogen (secondary N) is 2. The fourth-order valence-corrected chi connectivity index (χ4v) is 5.56. The Balaban J connectivity index is 0.882. The zero-order valence-corrected chi connectivity index (χ0v) is 25.6. The molecule has 0 unspecified atom stereocenters. The maximum Gasteiger partial charge on any atom is 0.308 e. The first-order valence-electron chi connectivity index (χ1n) is 15.6. The number of rotatable bonds is 16. The van der Waals surface area contributed by atoms with Crippen LogP contribution >= 0.6 is 0 Å². The number of ether oxygens (including phenoxy) is 1. The summed E-state index contributed by atoms with van der Waals surface area (Å²) in [6.45, 7) is 3.87. The van der Waals surface area contributed by atoms with E-state index in [-0.39, 0.29) is 0 Å². The zero-order chi connectivity index (χ0) is 30.5. The van der Waals surface area contributed by atoms with Gasteiger partial charge in [-0.15, -0.1) is 0 Å². The Morgan fingerprint density at radius 3 is 1.42 bits per heavy atom. The van der Waals surface area contributed by atoms with E-state index >= 15 is 0 Å². The second-order valence-corrected chi connectivity index (χ2v) is 11.1. The Bertz CT molecular complexity index is 1690. The lowest BCUT2D eigenvalue weighted by Crippen LogP contribution is -2.21. The number of fused-ring (bicyclic) bond motifs is 2. The fourth-order valence-electron chi connectivity index (χ4n) is 5.56. The predicted octanol–water partition coefficient (Wildman–Crippen LogP) is 5.92. The highest BCUT2D eigenvalue weighted by Gasteiger charge is 2.04. The van der Waals surface area contributed by atoms with Gasteiger partial charge in [-0.05, 0) is 34.0 Å². The van der Waals surface area contributed by atoms with Crippen LogP contribution in [0, 0.1) is 0 Å². The lowest BCUT2D eigenvalue weighted by Gasteiger charge is -2.11. The molecule has 0 heterocycles. The van der Waals surface area contributed by atoms with E-state index in [4.69, 9.17) is 14.0 Å². The third-order valence-electron chi connectivity index (χ3n) is 7.76. The molecular formula is C38H38B2N2O3. The Labute approximate surface area is 267 Å². The molecule has 224 valence electrons. The maximum absolute atomic E-state index is 6.07. The van der Waals surface area contributed by atoms with Crippen molar-refractivity contribution in [3.8, 4) is 0 Å². The Kier molecular flexibility index (Phi) is 10.8. The molecule has 45 heavy (non-hydrogen) atoms. The number of hydrogen-bond acceptors (Lipinski definition) is 5. The molecule has 0 radical (unpaired) electrons.